The van der Waals surface area contributed by atoms with Gasteiger partial charge in [0.25, 0.3) is 0 Å². The van der Waals surface area contributed by atoms with Crippen LogP contribution in [-0.4, -0.2) is 35.5 Å². The van der Waals surface area contributed by atoms with E-state index in [1.54, 1.807) is 0 Å². The molecular weight excluding hydrogens is 302 g/mol. The van der Waals surface area contributed by atoms with Gasteiger partial charge in [-0.15, -0.1) is 0 Å². The molecule has 0 aromatic carbocycles. The first kappa shape index (κ1) is 17.7. The highest BCUT2D eigenvalue weighted by molar-refractivity contribution is 6.06. The molecule has 3 aliphatic rings. The molecule has 0 aromatic heterocycles. The summed E-state index contributed by atoms with van der Waals surface area (Å²) >= 11 is 0. The van der Waals surface area contributed by atoms with Crippen LogP contribution in [-0.2, 0) is 14.3 Å². The summed E-state index contributed by atoms with van der Waals surface area (Å²) in [6.45, 7) is 2.85. The number of amides is 2. The highest BCUT2D eigenvalue weighted by atomic mass is 16.5. The summed E-state index contributed by atoms with van der Waals surface area (Å²) in [4.78, 5) is 26.4. The summed E-state index contributed by atoms with van der Waals surface area (Å²) in [5.74, 6) is -0.484. The average molecular weight is 333 g/mol. The van der Waals surface area contributed by atoms with Crippen molar-refractivity contribution in [1.82, 2.24) is 4.90 Å². The molecule has 2 amide bonds. The maximum atomic E-state index is 12.5. The summed E-state index contributed by atoms with van der Waals surface area (Å²) in [7, 11) is 0. The molecule has 3 heterocycles. The Morgan fingerprint density at radius 3 is 1.75 bits per heavy atom. The van der Waals surface area contributed by atoms with Crippen LogP contribution in [0.3, 0.4) is 0 Å². The molecule has 4 atom stereocenters. The third-order valence-corrected chi connectivity index (χ3v) is 5.74. The van der Waals surface area contributed by atoms with Crippen molar-refractivity contribution in [3.8, 4) is 0 Å². The van der Waals surface area contributed by atoms with Gasteiger partial charge in [-0.25, -0.2) is 0 Å². The van der Waals surface area contributed by atoms with Crippen molar-refractivity contribution in [3.63, 3.8) is 0 Å². The molecule has 0 N–H and O–H groups in total. The van der Waals surface area contributed by atoms with Crippen LogP contribution in [0.2, 0.25) is 0 Å². The average Bonchev–Trinajstić information content (AvgIpc) is 3.25. The van der Waals surface area contributed by atoms with E-state index < -0.39 is 0 Å². The molecule has 2 bridgehead atoms. The fraction of sp³-hybridized carbons (Fsp3) is 0.800. The lowest BCUT2D eigenvalue weighted by atomic mass is 9.85. The van der Waals surface area contributed by atoms with Crippen molar-refractivity contribution in [2.75, 3.05) is 6.54 Å². The number of hydrogen-bond acceptors (Lipinski definition) is 3. The molecule has 0 saturated carbocycles. The Bertz CT molecular complexity index is 457. The van der Waals surface area contributed by atoms with Gasteiger partial charge in [0.15, 0.2) is 0 Å². The van der Waals surface area contributed by atoms with E-state index in [0.717, 1.165) is 12.8 Å². The Morgan fingerprint density at radius 2 is 1.25 bits per heavy atom. The molecule has 0 aromatic rings. The summed E-state index contributed by atoms with van der Waals surface area (Å²) in [5, 5.41) is 0. The van der Waals surface area contributed by atoms with Crippen LogP contribution >= 0.6 is 0 Å². The number of nitrogens with zero attached hydrogens (tertiary/aromatic N) is 1. The van der Waals surface area contributed by atoms with Gasteiger partial charge in [0.1, 0.15) is 0 Å². The SMILES string of the molecule is CCCCCCCCCCCCN1C(=O)C2[C@@H](C1=O)[C@@H]1C=C[C@H]2O1. The minimum atomic E-state index is -0.240. The molecular formula is C20H31NO3. The Hall–Kier alpha value is -1.16. The van der Waals surface area contributed by atoms with Gasteiger partial charge >= 0.3 is 0 Å². The van der Waals surface area contributed by atoms with Crippen molar-refractivity contribution in [3.05, 3.63) is 12.2 Å². The first-order chi connectivity index (χ1) is 11.7. The smallest absolute Gasteiger partial charge is 0.236 e. The van der Waals surface area contributed by atoms with Gasteiger partial charge in [-0.1, -0.05) is 76.9 Å². The number of rotatable bonds is 11. The number of unbranched alkanes of at least 4 members (excludes halogenated alkanes) is 9. The second kappa shape index (κ2) is 8.28. The van der Waals surface area contributed by atoms with Gasteiger partial charge in [-0.2, -0.15) is 0 Å². The third-order valence-electron chi connectivity index (χ3n) is 5.74. The summed E-state index contributed by atoms with van der Waals surface area (Å²) in [6.07, 6.45) is 16.2. The third kappa shape index (κ3) is 3.58. The fourth-order valence-electron chi connectivity index (χ4n) is 4.34. The van der Waals surface area contributed by atoms with Gasteiger partial charge in [-0.05, 0) is 6.42 Å². The molecule has 3 aliphatic heterocycles. The van der Waals surface area contributed by atoms with Gasteiger partial charge in [0.2, 0.25) is 11.8 Å². The van der Waals surface area contributed by atoms with Gasteiger partial charge in [0, 0.05) is 6.54 Å². The van der Waals surface area contributed by atoms with Crippen LogP contribution in [0.5, 0.6) is 0 Å². The molecule has 2 saturated heterocycles. The number of fused-ring (bicyclic) bond motifs is 5. The van der Waals surface area contributed by atoms with Crippen LogP contribution in [0.25, 0.3) is 0 Å². The maximum Gasteiger partial charge on any atom is 0.236 e. The number of likely N-dealkylation sites (tertiary alicyclic amines) is 1. The number of carbonyl (C=O) groups is 2. The molecule has 2 fully saturated rings. The monoisotopic (exact) mass is 333 g/mol. The maximum absolute atomic E-state index is 12.5. The standard InChI is InChI=1S/C20H31NO3/c1-2-3-4-5-6-7-8-9-10-11-14-21-19(22)17-15-12-13-16(24-15)18(17)20(21)23/h12-13,15-18H,2-11,14H2,1H3/t15-,16+,17-,18?/m0/s1. The number of hydrogen-bond donors (Lipinski definition) is 0. The predicted octanol–water partition coefficient (Wildman–Crippen LogP) is 3.85. The van der Waals surface area contributed by atoms with E-state index in [2.05, 4.69) is 6.92 Å². The van der Waals surface area contributed by atoms with Crippen molar-refractivity contribution in [2.45, 2.75) is 83.3 Å². The second-order valence-corrected chi connectivity index (χ2v) is 7.51. The normalized spacial score (nSPS) is 30.6. The lowest BCUT2D eigenvalue weighted by molar-refractivity contribution is -0.142. The van der Waals surface area contributed by atoms with E-state index in [-0.39, 0.29) is 35.9 Å². The van der Waals surface area contributed by atoms with E-state index in [1.807, 2.05) is 12.2 Å². The van der Waals surface area contributed by atoms with Gasteiger partial charge in [0.05, 0.1) is 24.0 Å². The van der Waals surface area contributed by atoms with E-state index in [1.165, 1.54) is 56.3 Å². The summed E-state index contributed by atoms with van der Waals surface area (Å²) < 4.78 is 5.65. The highest BCUT2D eigenvalue weighted by Crippen LogP contribution is 2.45. The van der Waals surface area contributed by atoms with Crippen molar-refractivity contribution >= 4 is 11.8 Å². The van der Waals surface area contributed by atoms with Crippen LogP contribution in [0.4, 0.5) is 0 Å². The topological polar surface area (TPSA) is 46.6 Å². The highest BCUT2D eigenvalue weighted by Gasteiger charge is 2.60. The number of carbonyl (C=O) groups excluding carboxylic acids is 2. The molecule has 4 heteroatoms. The van der Waals surface area contributed by atoms with Gasteiger partial charge in [-0.3, -0.25) is 14.5 Å². The Labute approximate surface area is 145 Å². The first-order valence-electron chi connectivity index (χ1n) is 9.93. The fourth-order valence-corrected chi connectivity index (χ4v) is 4.34. The summed E-state index contributed by atoms with van der Waals surface area (Å²) in [5.41, 5.74) is 0. The molecule has 1 unspecified atom stereocenters. The van der Waals surface area contributed by atoms with E-state index in [9.17, 15) is 9.59 Å². The van der Waals surface area contributed by atoms with Crippen LogP contribution in [0.15, 0.2) is 12.2 Å². The predicted molar refractivity (Wildman–Crippen MR) is 93.3 cm³/mol. The van der Waals surface area contributed by atoms with Gasteiger partial charge < -0.3 is 4.74 Å². The largest absolute Gasteiger partial charge is 0.365 e. The molecule has 4 nitrogen and oxygen atoms in total. The summed E-state index contributed by atoms with van der Waals surface area (Å²) in [6, 6.07) is 0. The van der Waals surface area contributed by atoms with Crippen LogP contribution in [0, 0.1) is 11.8 Å². The minimum absolute atomic E-state index is 0.00206. The molecule has 3 rings (SSSR count). The lowest BCUT2D eigenvalue weighted by Gasteiger charge is -2.17. The Kier molecular flexibility index (Phi) is 6.09. The van der Waals surface area contributed by atoms with Crippen molar-refractivity contribution < 1.29 is 14.3 Å². The van der Waals surface area contributed by atoms with Crippen LogP contribution in [0.1, 0.15) is 71.1 Å². The van der Waals surface area contributed by atoms with Crippen LogP contribution < -0.4 is 0 Å². The molecule has 0 radical (unpaired) electrons. The molecule has 0 spiro atoms. The van der Waals surface area contributed by atoms with E-state index in [4.69, 9.17) is 4.74 Å². The quantitative estimate of drug-likeness (QED) is 0.328. The Morgan fingerprint density at radius 1 is 0.792 bits per heavy atom. The lowest BCUT2D eigenvalue weighted by Crippen LogP contribution is -2.35. The molecule has 24 heavy (non-hydrogen) atoms. The minimum Gasteiger partial charge on any atom is -0.365 e. The number of imide groups is 1. The molecule has 134 valence electrons. The number of ether oxygens (including phenoxy) is 1. The second-order valence-electron chi connectivity index (χ2n) is 7.51. The van der Waals surface area contributed by atoms with Crippen molar-refractivity contribution in [2.24, 2.45) is 11.8 Å². The molecule has 0 aliphatic carbocycles. The zero-order valence-corrected chi connectivity index (χ0v) is 14.9. The first-order valence-corrected chi connectivity index (χ1v) is 9.93. The van der Waals surface area contributed by atoms with Crippen molar-refractivity contribution in [1.29, 1.82) is 0 Å². The van der Waals surface area contributed by atoms with E-state index >= 15 is 0 Å². The zero-order chi connectivity index (χ0) is 16.9. The van der Waals surface area contributed by atoms with E-state index in [0.29, 0.717) is 6.54 Å². The Balaban J connectivity index is 1.28. The zero-order valence-electron chi connectivity index (χ0n) is 14.9.